The van der Waals surface area contributed by atoms with Crippen LogP contribution in [0.3, 0.4) is 0 Å². The van der Waals surface area contributed by atoms with Gasteiger partial charge in [0.25, 0.3) is 0 Å². The Morgan fingerprint density at radius 2 is 1.89 bits per heavy atom. The highest BCUT2D eigenvalue weighted by molar-refractivity contribution is 5.80. The van der Waals surface area contributed by atoms with Crippen LogP contribution in [0.5, 0.6) is 0 Å². The van der Waals surface area contributed by atoms with Crippen molar-refractivity contribution in [1.82, 2.24) is 10.2 Å². The van der Waals surface area contributed by atoms with Gasteiger partial charge in [-0.2, -0.15) is 0 Å². The first-order valence-electron chi connectivity index (χ1n) is 7.38. The Balaban J connectivity index is 2.75. The zero-order valence-electron chi connectivity index (χ0n) is 13.1. The van der Waals surface area contributed by atoms with Crippen molar-refractivity contribution in [2.45, 2.75) is 52.5 Å². The lowest BCUT2D eigenvalue weighted by Gasteiger charge is -2.37. The molecule has 0 aromatic carbocycles. The maximum Gasteiger partial charge on any atom is 0.325 e. The largest absolute Gasteiger partial charge is 0.480 e. The first kappa shape index (κ1) is 16.4. The molecule has 1 atom stereocenters. The molecule has 1 saturated carbocycles. The van der Waals surface area contributed by atoms with Gasteiger partial charge in [0.05, 0.1) is 0 Å². The lowest BCUT2D eigenvalue weighted by atomic mass is 9.90. The van der Waals surface area contributed by atoms with Crippen molar-refractivity contribution in [3.63, 3.8) is 0 Å². The molecule has 4 heteroatoms. The lowest BCUT2D eigenvalue weighted by molar-refractivity contribution is -0.147. The van der Waals surface area contributed by atoms with E-state index < -0.39 is 11.5 Å². The first-order valence-corrected chi connectivity index (χ1v) is 7.38. The maximum absolute atomic E-state index is 11.8. The molecule has 2 N–H and O–H groups in total. The van der Waals surface area contributed by atoms with Gasteiger partial charge in [0, 0.05) is 13.1 Å². The smallest absolute Gasteiger partial charge is 0.325 e. The molecule has 4 nitrogen and oxygen atoms in total. The van der Waals surface area contributed by atoms with Crippen LogP contribution in [0.4, 0.5) is 0 Å². The molecule has 1 aliphatic carbocycles. The van der Waals surface area contributed by atoms with Crippen LogP contribution in [-0.2, 0) is 4.79 Å². The summed E-state index contributed by atoms with van der Waals surface area (Å²) in [6.45, 7) is 10.9. The summed E-state index contributed by atoms with van der Waals surface area (Å²) >= 11 is 0. The minimum absolute atomic E-state index is 0.188. The second kappa shape index (κ2) is 6.23. The second-order valence-corrected chi connectivity index (χ2v) is 7.21. The number of likely N-dealkylation sites (N-methyl/N-ethyl adjacent to an activating group) is 1. The average molecular weight is 270 g/mol. The van der Waals surface area contributed by atoms with Gasteiger partial charge in [0.1, 0.15) is 5.54 Å². The Hall–Kier alpha value is -0.610. The predicted molar refractivity (Wildman–Crippen MR) is 78.3 cm³/mol. The van der Waals surface area contributed by atoms with Crippen LogP contribution in [0.25, 0.3) is 0 Å². The summed E-state index contributed by atoms with van der Waals surface area (Å²) < 4.78 is 0. The van der Waals surface area contributed by atoms with Crippen molar-refractivity contribution in [2.75, 3.05) is 26.7 Å². The van der Waals surface area contributed by atoms with Gasteiger partial charge in [-0.1, -0.05) is 27.7 Å². The number of hydrogen-bond donors (Lipinski definition) is 2. The van der Waals surface area contributed by atoms with Crippen molar-refractivity contribution in [2.24, 2.45) is 11.3 Å². The molecule has 1 rings (SSSR count). The van der Waals surface area contributed by atoms with E-state index in [0.717, 1.165) is 32.4 Å². The lowest BCUT2D eigenvalue weighted by Crippen LogP contribution is -2.61. The van der Waals surface area contributed by atoms with Gasteiger partial charge in [-0.15, -0.1) is 0 Å². The number of carbonyl (C=O) groups is 1. The van der Waals surface area contributed by atoms with Gasteiger partial charge in [0.2, 0.25) is 0 Å². The fraction of sp³-hybridized carbons (Fsp3) is 0.933. The summed E-state index contributed by atoms with van der Waals surface area (Å²) in [5.41, 5.74) is -0.566. The van der Waals surface area contributed by atoms with Crippen LogP contribution in [0.2, 0.25) is 0 Å². The van der Waals surface area contributed by atoms with E-state index in [1.807, 2.05) is 7.05 Å². The van der Waals surface area contributed by atoms with Crippen molar-refractivity contribution in [3.05, 3.63) is 0 Å². The zero-order chi connectivity index (χ0) is 14.7. The minimum atomic E-state index is -0.754. The number of carboxylic acid groups (broad SMARTS) is 1. The number of hydrogen-bond acceptors (Lipinski definition) is 3. The molecule has 0 amide bonds. The molecule has 0 radical (unpaired) electrons. The number of nitrogens with zero attached hydrogens (tertiary/aromatic N) is 1. The molecule has 0 saturated heterocycles. The van der Waals surface area contributed by atoms with E-state index in [-0.39, 0.29) is 5.41 Å². The van der Waals surface area contributed by atoms with Crippen molar-refractivity contribution < 1.29 is 9.90 Å². The van der Waals surface area contributed by atoms with Crippen molar-refractivity contribution >= 4 is 5.97 Å². The van der Waals surface area contributed by atoms with Gasteiger partial charge < -0.3 is 15.3 Å². The van der Waals surface area contributed by atoms with Crippen LogP contribution >= 0.6 is 0 Å². The van der Waals surface area contributed by atoms with Crippen molar-refractivity contribution in [3.8, 4) is 0 Å². The van der Waals surface area contributed by atoms with Gasteiger partial charge in [-0.05, 0) is 44.2 Å². The second-order valence-electron chi connectivity index (χ2n) is 7.21. The Morgan fingerprint density at radius 3 is 2.26 bits per heavy atom. The fourth-order valence-corrected chi connectivity index (χ4v) is 2.86. The van der Waals surface area contributed by atoms with Crippen LogP contribution in [0, 0.1) is 11.3 Å². The third-order valence-electron chi connectivity index (χ3n) is 3.61. The molecule has 1 aliphatic rings. The van der Waals surface area contributed by atoms with E-state index in [2.05, 4.69) is 37.9 Å². The van der Waals surface area contributed by atoms with Crippen LogP contribution in [0.15, 0.2) is 0 Å². The summed E-state index contributed by atoms with van der Waals surface area (Å²) in [7, 11) is 2.03. The van der Waals surface area contributed by atoms with Crippen LogP contribution in [0.1, 0.15) is 47.0 Å². The number of aliphatic carboxylic acids is 1. The highest BCUT2D eigenvalue weighted by Crippen LogP contribution is 2.40. The van der Waals surface area contributed by atoms with E-state index in [4.69, 9.17) is 0 Å². The minimum Gasteiger partial charge on any atom is -0.480 e. The molecule has 0 aliphatic heterocycles. The Kier molecular flexibility index (Phi) is 5.39. The molecule has 0 heterocycles. The zero-order valence-corrected chi connectivity index (χ0v) is 13.1. The van der Waals surface area contributed by atoms with Crippen LogP contribution in [-0.4, -0.2) is 48.2 Å². The normalized spacial score (nSPS) is 19.5. The molecule has 1 fully saturated rings. The standard InChI is InChI=1S/C15H30N2O2/c1-6-9-16-15(13(18)19,12-7-8-12)11-17(5)10-14(2,3)4/h12,16H,6-11H2,1-5H3,(H,18,19). The summed E-state index contributed by atoms with van der Waals surface area (Å²) in [4.78, 5) is 14.0. The Labute approximate surface area is 117 Å². The molecule has 0 aromatic heterocycles. The summed E-state index contributed by atoms with van der Waals surface area (Å²) in [6.07, 6.45) is 3.03. The predicted octanol–water partition coefficient (Wildman–Crippen LogP) is 2.20. The Bertz CT molecular complexity index is 308. The maximum atomic E-state index is 11.8. The molecule has 19 heavy (non-hydrogen) atoms. The number of rotatable bonds is 8. The molecule has 0 aromatic rings. The summed E-state index contributed by atoms with van der Waals surface area (Å²) in [6, 6.07) is 0. The van der Waals surface area contributed by atoms with Crippen LogP contribution < -0.4 is 5.32 Å². The van der Waals surface area contributed by atoms with Gasteiger partial charge in [0.15, 0.2) is 0 Å². The molecule has 0 spiro atoms. The third-order valence-corrected chi connectivity index (χ3v) is 3.61. The highest BCUT2D eigenvalue weighted by Gasteiger charge is 2.51. The van der Waals surface area contributed by atoms with E-state index in [0.29, 0.717) is 12.5 Å². The SMILES string of the molecule is CCCNC(CN(C)CC(C)(C)C)(C(=O)O)C1CC1. The topological polar surface area (TPSA) is 52.6 Å². The molecular weight excluding hydrogens is 240 g/mol. The van der Waals surface area contributed by atoms with Gasteiger partial charge in [-0.3, -0.25) is 4.79 Å². The van der Waals surface area contributed by atoms with Crippen molar-refractivity contribution in [1.29, 1.82) is 0 Å². The monoisotopic (exact) mass is 270 g/mol. The molecule has 1 unspecified atom stereocenters. The summed E-state index contributed by atoms with van der Waals surface area (Å²) in [5, 5.41) is 13.0. The van der Waals surface area contributed by atoms with E-state index in [9.17, 15) is 9.90 Å². The summed E-state index contributed by atoms with van der Waals surface area (Å²) in [5.74, 6) is -0.400. The van der Waals surface area contributed by atoms with E-state index in [1.165, 1.54) is 0 Å². The fourth-order valence-electron chi connectivity index (χ4n) is 2.86. The molecular formula is C15H30N2O2. The number of nitrogens with one attached hydrogen (secondary N) is 1. The quantitative estimate of drug-likeness (QED) is 0.710. The molecule has 0 bridgehead atoms. The van der Waals surface area contributed by atoms with E-state index >= 15 is 0 Å². The Morgan fingerprint density at radius 1 is 1.32 bits per heavy atom. The van der Waals surface area contributed by atoms with E-state index in [1.54, 1.807) is 0 Å². The number of carboxylic acids is 1. The van der Waals surface area contributed by atoms with Gasteiger partial charge in [-0.25, -0.2) is 0 Å². The average Bonchev–Trinajstić information content (AvgIpc) is 3.04. The molecule has 112 valence electrons. The highest BCUT2D eigenvalue weighted by atomic mass is 16.4. The van der Waals surface area contributed by atoms with Gasteiger partial charge >= 0.3 is 5.97 Å². The first-order chi connectivity index (χ1) is 8.71. The third kappa shape index (κ3) is 4.77.